The second-order valence-electron chi connectivity index (χ2n) is 4.25. The van der Waals surface area contributed by atoms with Gasteiger partial charge in [-0.3, -0.25) is 9.97 Å². The van der Waals surface area contributed by atoms with E-state index in [9.17, 15) is 0 Å². The highest BCUT2D eigenvalue weighted by molar-refractivity contribution is 5.63. The van der Waals surface area contributed by atoms with E-state index in [1.165, 1.54) is 11.1 Å². The van der Waals surface area contributed by atoms with E-state index < -0.39 is 0 Å². The number of hydrogen-bond donors (Lipinski definition) is 0. The van der Waals surface area contributed by atoms with Crippen molar-refractivity contribution in [2.24, 2.45) is 0 Å². The predicted molar refractivity (Wildman–Crippen MR) is 66.4 cm³/mol. The van der Waals surface area contributed by atoms with Gasteiger partial charge in [-0.1, -0.05) is 0 Å². The molecule has 82 valence electrons. The Morgan fingerprint density at radius 1 is 0.688 bits per heavy atom. The Labute approximate surface area is 96.4 Å². The molecule has 0 radical (unpaired) electrons. The number of aryl methyl sites for hydroxylation is 4. The first-order chi connectivity index (χ1) is 7.58. The van der Waals surface area contributed by atoms with Crippen molar-refractivity contribution in [3.05, 3.63) is 47.0 Å². The van der Waals surface area contributed by atoms with Crippen LogP contribution in [0, 0.1) is 27.7 Å². The number of pyridine rings is 2. The van der Waals surface area contributed by atoms with Crippen molar-refractivity contribution in [1.29, 1.82) is 0 Å². The predicted octanol–water partition coefficient (Wildman–Crippen LogP) is 3.38. The fourth-order valence-corrected chi connectivity index (χ4v) is 1.60. The van der Waals surface area contributed by atoms with Gasteiger partial charge in [0.05, 0.1) is 0 Å². The fraction of sp³-hybridized carbons (Fsp3) is 0.286. The third kappa shape index (κ3) is 1.96. The van der Waals surface area contributed by atoms with Gasteiger partial charge in [0.15, 0.2) is 0 Å². The zero-order valence-electron chi connectivity index (χ0n) is 10.2. The van der Waals surface area contributed by atoms with E-state index in [4.69, 9.17) is 0 Å². The molecular formula is C14H16N2. The van der Waals surface area contributed by atoms with Crippen LogP contribution in [0.2, 0.25) is 0 Å². The largest absolute Gasteiger partial charge is 0.261 e. The first kappa shape index (κ1) is 10.8. The van der Waals surface area contributed by atoms with Crippen molar-refractivity contribution in [3.8, 4) is 11.1 Å². The monoisotopic (exact) mass is 212 g/mol. The molecule has 16 heavy (non-hydrogen) atoms. The van der Waals surface area contributed by atoms with Gasteiger partial charge in [0.2, 0.25) is 0 Å². The van der Waals surface area contributed by atoms with Crippen LogP contribution in [-0.2, 0) is 0 Å². The third-order valence-electron chi connectivity index (χ3n) is 3.01. The summed E-state index contributed by atoms with van der Waals surface area (Å²) in [5.41, 5.74) is 6.88. The van der Waals surface area contributed by atoms with Gasteiger partial charge in [-0.2, -0.15) is 0 Å². The SMILES string of the molecule is Cc1cc(-c2cnc(C)c(C)c2)cnc1C. The van der Waals surface area contributed by atoms with Crippen molar-refractivity contribution < 1.29 is 0 Å². The Balaban J connectivity index is 2.50. The molecule has 2 aromatic rings. The molecule has 0 aromatic carbocycles. The van der Waals surface area contributed by atoms with Gasteiger partial charge in [-0.25, -0.2) is 0 Å². The molecule has 0 bridgehead atoms. The maximum absolute atomic E-state index is 4.38. The summed E-state index contributed by atoms with van der Waals surface area (Å²) in [5, 5.41) is 0. The molecule has 0 saturated heterocycles. The van der Waals surface area contributed by atoms with E-state index in [1.54, 1.807) is 0 Å². The Kier molecular flexibility index (Phi) is 2.73. The number of aromatic nitrogens is 2. The topological polar surface area (TPSA) is 25.8 Å². The number of hydrogen-bond acceptors (Lipinski definition) is 2. The summed E-state index contributed by atoms with van der Waals surface area (Å²) in [6, 6.07) is 4.32. The Bertz CT molecular complexity index is 481. The average Bonchev–Trinajstić information content (AvgIpc) is 2.26. The van der Waals surface area contributed by atoms with Crippen LogP contribution in [-0.4, -0.2) is 9.97 Å². The maximum atomic E-state index is 4.38. The lowest BCUT2D eigenvalue weighted by Gasteiger charge is -2.06. The lowest BCUT2D eigenvalue weighted by molar-refractivity contribution is 1.13. The Hall–Kier alpha value is -1.70. The highest BCUT2D eigenvalue weighted by Crippen LogP contribution is 2.21. The normalized spacial score (nSPS) is 10.5. The zero-order chi connectivity index (χ0) is 11.7. The van der Waals surface area contributed by atoms with Gasteiger partial charge in [-0.05, 0) is 51.0 Å². The number of nitrogens with zero attached hydrogens (tertiary/aromatic N) is 2. The van der Waals surface area contributed by atoms with Crippen molar-refractivity contribution >= 4 is 0 Å². The van der Waals surface area contributed by atoms with Crippen LogP contribution in [0.1, 0.15) is 22.5 Å². The first-order valence-electron chi connectivity index (χ1n) is 5.45. The van der Waals surface area contributed by atoms with Crippen molar-refractivity contribution in [3.63, 3.8) is 0 Å². The van der Waals surface area contributed by atoms with Crippen LogP contribution in [0.5, 0.6) is 0 Å². The Morgan fingerprint density at radius 2 is 1.06 bits per heavy atom. The van der Waals surface area contributed by atoms with Crippen molar-refractivity contribution in [1.82, 2.24) is 9.97 Å². The molecule has 2 rings (SSSR count). The van der Waals surface area contributed by atoms with Gasteiger partial charge in [-0.15, -0.1) is 0 Å². The van der Waals surface area contributed by atoms with Crippen LogP contribution in [0.4, 0.5) is 0 Å². The standard InChI is InChI=1S/C14H16N2/c1-9-5-13(7-15-11(9)3)14-6-10(2)12(4)16-8-14/h5-8H,1-4H3. The molecule has 0 saturated carbocycles. The lowest BCUT2D eigenvalue weighted by atomic mass is 10.0. The highest BCUT2D eigenvalue weighted by Gasteiger charge is 2.03. The first-order valence-corrected chi connectivity index (χ1v) is 5.45. The summed E-state index contributed by atoms with van der Waals surface area (Å²) in [7, 11) is 0. The molecule has 0 aliphatic heterocycles. The molecule has 2 heterocycles. The van der Waals surface area contributed by atoms with Crippen LogP contribution >= 0.6 is 0 Å². The molecule has 2 nitrogen and oxygen atoms in total. The highest BCUT2D eigenvalue weighted by atomic mass is 14.7. The van der Waals surface area contributed by atoms with E-state index in [1.807, 2.05) is 26.2 Å². The van der Waals surface area contributed by atoms with E-state index in [2.05, 4.69) is 35.9 Å². The van der Waals surface area contributed by atoms with Crippen LogP contribution in [0.3, 0.4) is 0 Å². The molecule has 0 fully saturated rings. The van der Waals surface area contributed by atoms with Crippen LogP contribution < -0.4 is 0 Å². The van der Waals surface area contributed by atoms with Crippen LogP contribution in [0.15, 0.2) is 24.5 Å². The smallest absolute Gasteiger partial charge is 0.0402 e. The quantitative estimate of drug-likeness (QED) is 0.724. The number of rotatable bonds is 1. The van der Waals surface area contributed by atoms with Gasteiger partial charge in [0.25, 0.3) is 0 Å². The van der Waals surface area contributed by atoms with Gasteiger partial charge < -0.3 is 0 Å². The molecular weight excluding hydrogens is 196 g/mol. The molecule has 0 amide bonds. The fourth-order valence-electron chi connectivity index (χ4n) is 1.60. The summed E-state index contributed by atoms with van der Waals surface area (Å²) in [4.78, 5) is 8.76. The molecule has 0 aliphatic carbocycles. The second-order valence-corrected chi connectivity index (χ2v) is 4.25. The summed E-state index contributed by atoms with van der Waals surface area (Å²) >= 11 is 0. The molecule has 0 N–H and O–H groups in total. The minimum Gasteiger partial charge on any atom is -0.261 e. The maximum Gasteiger partial charge on any atom is 0.0402 e. The molecule has 2 heteroatoms. The van der Waals surface area contributed by atoms with E-state index in [0.717, 1.165) is 22.5 Å². The molecule has 0 unspecified atom stereocenters. The third-order valence-corrected chi connectivity index (χ3v) is 3.01. The van der Waals surface area contributed by atoms with Gasteiger partial charge in [0, 0.05) is 34.9 Å². The van der Waals surface area contributed by atoms with E-state index in [0.29, 0.717) is 0 Å². The molecule has 0 spiro atoms. The minimum absolute atomic E-state index is 1.08. The lowest BCUT2D eigenvalue weighted by Crippen LogP contribution is -1.91. The molecule has 0 atom stereocenters. The summed E-state index contributed by atoms with van der Waals surface area (Å²) < 4.78 is 0. The van der Waals surface area contributed by atoms with Crippen LogP contribution in [0.25, 0.3) is 11.1 Å². The average molecular weight is 212 g/mol. The van der Waals surface area contributed by atoms with Gasteiger partial charge >= 0.3 is 0 Å². The second kappa shape index (κ2) is 4.05. The summed E-state index contributed by atoms with van der Waals surface area (Å²) in [6.07, 6.45) is 3.82. The Morgan fingerprint density at radius 3 is 1.38 bits per heavy atom. The summed E-state index contributed by atoms with van der Waals surface area (Å²) in [6.45, 7) is 8.22. The summed E-state index contributed by atoms with van der Waals surface area (Å²) in [5.74, 6) is 0. The van der Waals surface area contributed by atoms with E-state index in [-0.39, 0.29) is 0 Å². The zero-order valence-corrected chi connectivity index (χ0v) is 10.2. The minimum atomic E-state index is 1.08. The van der Waals surface area contributed by atoms with Crippen molar-refractivity contribution in [2.75, 3.05) is 0 Å². The van der Waals surface area contributed by atoms with Gasteiger partial charge in [0.1, 0.15) is 0 Å². The van der Waals surface area contributed by atoms with E-state index >= 15 is 0 Å². The molecule has 2 aromatic heterocycles. The van der Waals surface area contributed by atoms with Crippen molar-refractivity contribution in [2.45, 2.75) is 27.7 Å². The molecule has 0 aliphatic rings.